The molecule has 6 heteroatoms. The Kier molecular flexibility index (Phi) is 2.30. The average molecular weight is 189 g/mol. The lowest BCUT2D eigenvalue weighted by Crippen LogP contribution is -2.29. The number of aromatic amines is 1. The summed E-state index contributed by atoms with van der Waals surface area (Å²) >= 11 is 0. The molecule has 0 aliphatic heterocycles. The van der Waals surface area contributed by atoms with Crippen molar-refractivity contribution in [2.24, 2.45) is 0 Å². The van der Waals surface area contributed by atoms with Gasteiger partial charge in [0.05, 0.1) is 0 Å². The maximum Gasteiger partial charge on any atom is 0.488 e. The fourth-order valence-electron chi connectivity index (χ4n) is 1.14. The summed E-state index contributed by atoms with van der Waals surface area (Å²) in [7, 11) is -1.48. The minimum Gasteiger partial charge on any atom is -0.423 e. The Morgan fingerprint density at radius 2 is 2.07 bits per heavy atom. The van der Waals surface area contributed by atoms with Gasteiger partial charge in [0.2, 0.25) is 0 Å². The Labute approximate surface area is 80.6 Å². The molecule has 70 valence electrons. The molecule has 2 heterocycles. The maximum absolute atomic E-state index is 8.94. The highest BCUT2D eigenvalue weighted by Crippen LogP contribution is 2.07. The summed E-state index contributed by atoms with van der Waals surface area (Å²) in [6.07, 6.45) is 4.80. The van der Waals surface area contributed by atoms with Crippen molar-refractivity contribution in [3.05, 3.63) is 30.7 Å². The van der Waals surface area contributed by atoms with Crippen molar-refractivity contribution in [1.29, 1.82) is 0 Å². The standard InChI is InChI=1S/C8H8BN3O2/c13-9(14)6-1-2-10-7(5-6)8-11-3-4-12-8/h1-5,13-14H,(H,11,12). The zero-order valence-corrected chi connectivity index (χ0v) is 7.25. The third-order valence-corrected chi connectivity index (χ3v) is 1.82. The van der Waals surface area contributed by atoms with Gasteiger partial charge in [-0.1, -0.05) is 0 Å². The fraction of sp³-hybridized carbons (Fsp3) is 0. The number of pyridine rings is 1. The lowest BCUT2D eigenvalue weighted by molar-refractivity contribution is 0.425. The van der Waals surface area contributed by atoms with Crippen LogP contribution >= 0.6 is 0 Å². The van der Waals surface area contributed by atoms with Crippen LogP contribution in [0.1, 0.15) is 0 Å². The van der Waals surface area contributed by atoms with E-state index in [0.29, 0.717) is 17.0 Å². The van der Waals surface area contributed by atoms with E-state index in [-0.39, 0.29) is 0 Å². The first-order valence-electron chi connectivity index (χ1n) is 4.09. The Hall–Kier alpha value is -1.66. The summed E-state index contributed by atoms with van der Waals surface area (Å²) in [5.74, 6) is 0.604. The zero-order chi connectivity index (χ0) is 9.97. The molecule has 0 spiro atoms. The number of rotatable bonds is 2. The molecule has 0 unspecified atom stereocenters. The first kappa shape index (κ1) is 8.92. The van der Waals surface area contributed by atoms with Crippen LogP contribution in [0.15, 0.2) is 30.7 Å². The van der Waals surface area contributed by atoms with Crippen LogP contribution in [0.4, 0.5) is 0 Å². The van der Waals surface area contributed by atoms with Crippen molar-refractivity contribution in [3.63, 3.8) is 0 Å². The van der Waals surface area contributed by atoms with Crippen molar-refractivity contribution in [2.45, 2.75) is 0 Å². The van der Waals surface area contributed by atoms with E-state index in [1.807, 2.05) is 0 Å². The highest BCUT2D eigenvalue weighted by Gasteiger charge is 2.12. The Morgan fingerprint density at radius 1 is 1.21 bits per heavy atom. The van der Waals surface area contributed by atoms with Gasteiger partial charge in [-0.25, -0.2) is 4.98 Å². The van der Waals surface area contributed by atoms with E-state index in [2.05, 4.69) is 15.0 Å². The van der Waals surface area contributed by atoms with Gasteiger partial charge < -0.3 is 15.0 Å². The van der Waals surface area contributed by atoms with Crippen molar-refractivity contribution in [3.8, 4) is 11.5 Å². The summed E-state index contributed by atoms with van der Waals surface area (Å²) in [6.45, 7) is 0. The first-order valence-corrected chi connectivity index (χ1v) is 4.09. The number of hydrogen-bond acceptors (Lipinski definition) is 4. The van der Waals surface area contributed by atoms with Crippen molar-refractivity contribution < 1.29 is 10.0 Å². The summed E-state index contributed by atoms with van der Waals surface area (Å²) in [4.78, 5) is 10.9. The van der Waals surface area contributed by atoms with E-state index in [4.69, 9.17) is 10.0 Å². The second-order valence-electron chi connectivity index (χ2n) is 2.79. The zero-order valence-electron chi connectivity index (χ0n) is 7.25. The van der Waals surface area contributed by atoms with Crippen LogP contribution in [0, 0.1) is 0 Å². The molecule has 14 heavy (non-hydrogen) atoms. The number of aromatic nitrogens is 3. The molecular formula is C8H8BN3O2. The second kappa shape index (κ2) is 3.61. The van der Waals surface area contributed by atoms with Gasteiger partial charge in [-0.15, -0.1) is 0 Å². The van der Waals surface area contributed by atoms with Gasteiger partial charge in [0.25, 0.3) is 0 Å². The highest BCUT2D eigenvalue weighted by atomic mass is 16.4. The summed E-state index contributed by atoms with van der Waals surface area (Å²) in [6, 6.07) is 3.11. The third kappa shape index (κ3) is 1.66. The smallest absolute Gasteiger partial charge is 0.423 e. The first-order chi connectivity index (χ1) is 6.77. The summed E-state index contributed by atoms with van der Waals surface area (Å²) < 4.78 is 0. The second-order valence-corrected chi connectivity index (χ2v) is 2.79. The quantitative estimate of drug-likeness (QED) is 0.537. The predicted octanol–water partition coefficient (Wildman–Crippen LogP) is -0.849. The van der Waals surface area contributed by atoms with Gasteiger partial charge in [-0.05, 0) is 17.6 Å². The molecule has 2 aromatic heterocycles. The third-order valence-electron chi connectivity index (χ3n) is 1.82. The molecule has 2 aromatic rings. The van der Waals surface area contributed by atoms with Crippen molar-refractivity contribution in [1.82, 2.24) is 15.0 Å². The van der Waals surface area contributed by atoms with Gasteiger partial charge in [-0.2, -0.15) is 0 Å². The fourth-order valence-corrected chi connectivity index (χ4v) is 1.14. The SMILES string of the molecule is OB(O)c1ccnc(-c2ncc[nH]2)c1. The summed E-state index contributed by atoms with van der Waals surface area (Å²) in [5.41, 5.74) is 0.979. The van der Waals surface area contributed by atoms with Crippen LogP contribution in [-0.4, -0.2) is 32.1 Å². The Balaban J connectivity index is 2.41. The minimum atomic E-state index is -1.48. The number of nitrogens with one attached hydrogen (secondary N) is 1. The maximum atomic E-state index is 8.94. The lowest BCUT2D eigenvalue weighted by Gasteiger charge is -2.00. The molecule has 2 rings (SSSR count). The number of hydrogen-bond donors (Lipinski definition) is 3. The molecular weight excluding hydrogens is 181 g/mol. The van der Waals surface area contributed by atoms with Gasteiger partial charge in [0, 0.05) is 18.6 Å². The van der Waals surface area contributed by atoms with E-state index < -0.39 is 7.12 Å². The molecule has 3 N–H and O–H groups in total. The highest BCUT2D eigenvalue weighted by molar-refractivity contribution is 6.58. The van der Waals surface area contributed by atoms with E-state index in [9.17, 15) is 0 Å². The predicted molar refractivity (Wildman–Crippen MR) is 51.6 cm³/mol. The average Bonchev–Trinajstić information content (AvgIpc) is 2.71. The van der Waals surface area contributed by atoms with Crippen LogP contribution in [0.25, 0.3) is 11.5 Å². The topological polar surface area (TPSA) is 82.0 Å². The van der Waals surface area contributed by atoms with E-state index in [0.717, 1.165) is 0 Å². The van der Waals surface area contributed by atoms with Crippen LogP contribution < -0.4 is 5.46 Å². The molecule has 0 saturated carbocycles. The molecule has 0 aliphatic carbocycles. The normalized spacial score (nSPS) is 10.1. The van der Waals surface area contributed by atoms with Crippen LogP contribution in [0.2, 0.25) is 0 Å². The van der Waals surface area contributed by atoms with E-state index >= 15 is 0 Å². The lowest BCUT2D eigenvalue weighted by atomic mass is 9.80. The van der Waals surface area contributed by atoms with Gasteiger partial charge in [0.1, 0.15) is 5.69 Å². The largest absolute Gasteiger partial charge is 0.488 e. The molecule has 0 saturated heterocycles. The monoisotopic (exact) mass is 189 g/mol. The van der Waals surface area contributed by atoms with Crippen molar-refractivity contribution >= 4 is 12.6 Å². The molecule has 0 radical (unpaired) electrons. The summed E-state index contributed by atoms with van der Waals surface area (Å²) in [5, 5.41) is 17.9. The minimum absolute atomic E-state index is 0.395. The number of H-pyrrole nitrogens is 1. The molecule has 0 aromatic carbocycles. The molecule has 5 nitrogen and oxygen atoms in total. The van der Waals surface area contributed by atoms with Crippen LogP contribution in [0.5, 0.6) is 0 Å². The Bertz CT molecular complexity index is 416. The molecule has 0 aliphatic rings. The number of imidazole rings is 1. The van der Waals surface area contributed by atoms with E-state index in [1.54, 1.807) is 18.5 Å². The van der Waals surface area contributed by atoms with Gasteiger partial charge >= 0.3 is 7.12 Å². The van der Waals surface area contributed by atoms with Crippen LogP contribution in [-0.2, 0) is 0 Å². The van der Waals surface area contributed by atoms with Gasteiger partial charge in [0.15, 0.2) is 5.82 Å². The molecule has 0 atom stereocenters. The molecule has 0 bridgehead atoms. The Morgan fingerprint density at radius 3 is 2.71 bits per heavy atom. The number of nitrogens with zero attached hydrogens (tertiary/aromatic N) is 2. The van der Waals surface area contributed by atoms with Crippen molar-refractivity contribution in [2.75, 3.05) is 0 Å². The molecule has 0 fully saturated rings. The van der Waals surface area contributed by atoms with E-state index in [1.165, 1.54) is 12.3 Å². The van der Waals surface area contributed by atoms with Gasteiger partial charge in [-0.3, -0.25) is 4.98 Å². The molecule has 0 amide bonds. The van der Waals surface area contributed by atoms with Crippen LogP contribution in [0.3, 0.4) is 0 Å².